The van der Waals surface area contributed by atoms with Crippen molar-refractivity contribution in [1.29, 1.82) is 0 Å². The number of anilines is 1. The Morgan fingerprint density at radius 2 is 1.81 bits per heavy atom. The minimum absolute atomic E-state index is 0.160. The number of benzene rings is 2. The summed E-state index contributed by atoms with van der Waals surface area (Å²) >= 11 is 0. The minimum atomic E-state index is -1.16. The summed E-state index contributed by atoms with van der Waals surface area (Å²) in [5, 5.41) is 2.83. The van der Waals surface area contributed by atoms with Crippen LogP contribution in [0.4, 0.5) is 5.69 Å². The zero-order valence-electron chi connectivity index (χ0n) is 15.4. The van der Waals surface area contributed by atoms with E-state index in [1.54, 1.807) is 50.1 Å². The summed E-state index contributed by atoms with van der Waals surface area (Å²) in [6.07, 6.45) is 0.815. The summed E-state index contributed by atoms with van der Waals surface area (Å²) in [7, 11) is 1.57. The number of hydrogen-bond donors (Lipinski definition) is 1. The van der Waals surface area contributed by atoms with Crippen LogP contribution in [0, 0.1) is 5.41 Å². The highest BCUT2D eigenvalue weighted by atomic mass is 16.5. The summed E-state index contributed by atoms with van der Waals surface area (Å²) < 4.78 is 5.17. The van der Waals surface area contributed by atoms with Crippen molar-refractivity contribution in [1.82, 2.24) is 4.90 Å². The normalized spacial score (nSPS) is 13.7. The Hall–Kier alpha value is -2.82. The topological polar surface area (TPSA) is 58.6 Å². The van der Waals surface area contributed by atoms with E-state index in [0.717, 1.165) is 12.0 Å². The second-order valence-corrected chi connectivity index (χ2v) is 7.06. The van der Waals surface area contributed by atoms with Crippen LogP contribution in [0.5, 0.6) is 5.75 Å². The van der Waals surface area contributed by atoms with E-state index >= 15 is 0 Å². The number of rotatable bonds is 4. The zero-order valence-corrected chi connectivity index (χ0v) is 15.4. The first kappa shape index (κ1) is 18.0. The standard InChI is InChI=1S/C21H24N2O3/c1-21(2,19(24)22-17-9-6-10-18(13-17)26-3)20(25)23-12-11-15-7-4-5-8-16(15)14-23/h4-10,13H,11-12,14H2,1-3H3,(H,22,24). The Morgan fingerprint density at radius 3 is 2.54 bits per heavy atom. The fourth-order valence-corrected chi connectivity index (χ4v) is 3.15. The Bertz CT molecular complexity index is 830. The minimum Gasteiger partial charge on any atom is -0.497 e. The largest absolute Gasteiger partial charge is 0.497 e. The Balaban J connectivity index is 1.72. The van der Waals surface area contributed by atoms with Crippen molar-refractivity contribution in [3.8, 4) is 5.75 Å². The van der Waals surface area contributed by atoms with Gasteiger partial charge in [0.1, 0.15) is 11.2 Å². The van der Waals surface area contributed by atoms with E-state index in [0.29, 0.717) is 24.5 Å². The molecular weight excluding hydrogens is 328 g/mol. The first-order chi connectivity index (χ1) is 12.4. The van der Waals surface area contributed by atoms with Crippen LogP contribution >= 0.6 is 0 Å². The predicted molar refractivity (Wildman–Crippen MR) is 101 cm³/mol. The SMILES string of the molecule is COc1cccc(NC(=O)C(C)(C)C(=O)N2CCc3ccccc3C2)c1. The number of nitrogens with zero attached hydrogens (tertiary/aromatic N) is 1. The summed E-state index contributed by atoms with van der Waals surface area (Å²) in [5.74, 6) is 0.168. The van der Waals surface area contributed by atoms with Gasteiger partial charge >= 0.3 is 0 Å². The van der Waals surface area contributed by atoms with Gasteiger partial charge < -0.3 is 15.0 Å². The maximum absolute atomic E-state index is 13.0. The van der Waals surface area contributed by atoms with Gasteiger partial charge in [-0.3, -0.25) is 9.59 Å². The lowest BCUT2D eigenvalue weighted by molar-refractivity contribution is -0.147. The van der Waals surface area contributed by atoms with Crippen molar-refractivity contribution in [3.63, 3.8) is 0 Å². The van der Waals surface area contributed by atoms with Crippen LogP contribution in [0.25, 0.3) is 0 Å². The third kappa shape index (κ3) is 3.57. The molecule has 0 bridgehead atoms. The average molecular weight is 352 g/mol. The molecule has 5 heteroatoms. The first-order valence-electron chi connectivity index (χ1n) is 8.73. The highest BCUT2D eigenvalue weighted by Gasteiger charge is 2.40. The van der Waals surface area contributed by atoms with Gasteiger partial charge in [0.2, 0.25) is 11.8 Å². The molecule has 0 aromatic heterocycles. The number of ether oxygens (including phenoxy) is 1. The number of carbonyl (C=O) groups excluding carboxylic acids is 2. The number of amides is 2. The van der Waals surface area contributed by atoms with E-state index < -0.39 is 5.41 Å². The van der Waals surface area contributed by atoms with Crippen LogP contribution in [0.3, 0.4) is 0 Å². The van der Waals surface area contributed by atoms with Crippen LogP contribution < -0.4 is 10.1 Å². The average Bonchev–Trinajstić information content (AvgIpc) is 2.67. The third-order valence-corrected chi connectivity index (χ3v) is 4.85. The molecule has 2 aromatic carbocycles. The lowest BCUT2D eigenvalue weighted by Crippen LogP contribution is -2.48. The molecule has 1 aliphatic rings. The molecule has 2 amide bonds. The molecule has 0 radical (unpaired) electrons. The van der Waals surface area contributed by atoms with E-state index in [1.807, 2.05) is 18.2 Å². The molecule has 0 atom stereocenters. The van der Waals surface area contributed by atoms with Gasteiger partial charge in [0.25, 0.3) is 0 Å². The van der Waals surface area contributed by atoms with Crippen LogP contribution in [-0.2, 0) is 22.6 Å². The van der Waals surface area contributed by atoms with Crippen molar-refractivity contribution in [2.75, 3.05) is 19.0 Å². The summed E-state index contributed by atoms with van der Waals surface area (Å²) in [4.78, 5) is 27.6. The van der Waals surface area contributed by atoms with Crippen LogP contribution in [-0.4, -0.2) is 30.4 Å². The van der Waals surface area contributed by atoms with Crippen molar-refractivity contribution in [2.24, 2.45) is 5.41 Å². The lowest BCUT2D eigenvalue weighted by Gasteiger charge is -2.34. The van der Waals surface area contributed by atoms with E-state index in [4.69, 9.17) is 4.74 Å². The molecule has 5 nitrogen and oxygen atoms in total. The fraction of sp³-hybridized carbons (Fsp3) is 0.333. The zero-order chi connectivity index (χ0) is 18.7. The molecular formula is C21H24N2O3. The summed E-state index contributed by atoms with van der Waals surface area (Å²) in [6.45, 7) is 4.52. The smallest absolute Gasteiger partial charge is 0.239 e. The molecule has 26 heavy (non-hydrogen) atoms. The second kappa shape index (κ2) is 7.20. The van der Waals surface area contributed by atoms with Crippen molar-refractivity contribution >= 4 is 17.5 Å². The molecule has 0 unspecified atom stereocenters. The maximum Gasteiger partial charge on any atom is 0.239 e. The molecule has 0 saturated heterocycles. The number of carbonyl (C=O) groups is 2. The van der Waals surface area contributed by atoms with Gasteiger partial charge in [0, 0.05) is 24.8 Å². The fourth-order valence-electron chi connectivity index (χ4n) is 3.15. The Kier molecular flexibility index (Phi) is 4.98. The van der Waals surface area contributed by atoms with E-state index in [9.17, 15) is 9.59 Å². The van der Waals surface area contributed by atoms with E-state index in [1.165, 1.54) is 5.56 Å². The van der Waals surface area contributed by atoms with Gasteiger partial charge in [-0.1, -0.05) is 30.3 Å². The molecule has 1 aliphatic heterocycles. The molecule has 0 spiro atoms. The first-order valence-corrected chi connectivity index (χ1v) is 8.73. The third-order valence-electron chi connectivity index (χ3n) is 4.85. The number of nitrogens with one attached hydrogen (secondary N) is 1. The molecule has 0 fully saturated rings. The van der Waals surface area contributed by atoms with E-state index in [-0.39, 0.29) is 11.8 Å². The van der Waals surface area contributed by atoms with Gasteiger partial charge in [0.05, 0.1) is 7.11 Å². The van der Waals surface area contributed by atoms with Gasteiger partial charge in [-0.25, -0.2) is 0 Å². The molecule has 2 aromatic rings. The van der Waals surface area contributed by atoms with Crippen LogP contribution in [0.2, 0.25) is 0 Å². The second-order valence-electron chi connectivity index (χ2n) is 7.06. The Labute approximate surface area is 154 Å². The molecule has 1 heterocycles. The Morgan fingerprint density at radius 1 is 1.08 bits per heavy atom. The van der Waals surface area contributed by atoms with Crippen molar-refractivity contribution in [2.45, 2.75) is 26.8 Å². The molecule has 3 rings (SSSR count). The van der Waals surface area contributed by atoms with E-state index in [2.05, 4.69) is 11.4 Å². The predicted octanol–water partition coefficient (Wildman–Crippen LogP) is 3.24. The highest BCUT2D eigenvalue weighted by Crippen LogP contribution is 2.27. The number of fused-ring (bicyclic) bond motifs is 1. The van der Waals surface area contributed by atoms with Crippen LogP contribution in [0.15, 0.2) is 48.5 Å². The quantitative estimate of drug-likeness (QED) is 0.860. The summed E-state index contributed by atoms with van der Waals surface area (Å²) in [5.41, 5.74) is 1.88. The lowest BCUT2D eigenvalue weighted by atomic mass is 9.88. The van der Waals surface area contributed by atoms with Crippen molar-refractivity contribution < 1.29 is 14.3 Å². The molecule has 0 saturated carbocycles. The highest BCUT2D eigenvalue weighted by molar-refractivity contribution is 6.09. The maximum atomic E-state index is 13.0. The van der Waals surface area contributed by atoms with Gasteiger partial charge in [-0.15, -0.1) is 0 Å². The molecule has 1 N–H and O–H groups in total. The molecule has 136 valence electrons. The van der Waals surface area contributed by atoms with Gasteiger partial charge in [0.15, 0.2) is 0 Å². The van der Waals surface area contributed by atoms with Gasteiger partial charge in [-0.05, 0) is 43.5 Å². The number of methoxy groups -OCH3 is 1. The molecule has 0 aliphatic carbocycles. The monoisotopic (exact) mass is 352 g/mol. The van der Waals surface area contributed by atoms with Gasteiger partial charge in [-0.2, -0.15) is 0 Å². The number of hydrogen-bond acceptors (Lipinski definition) is 3. The van der Waals surface area contributed by atoms with Crippen molar-refractivity contribution in [3.05, 3.63) is 59.7 Å². The summed E-state index contributed by atoms with van der Waals surface area (Å²) in [6, 6.07) is 15.2. The van der Waals surface area contributed by atoms with Crippen LogP contribution in [0.1, 0.15) is 25.0 Å².